The first-order valence-corrected chi connectivity index (χ1v) is 7.03. The molecule has 0 unspecified atom stereocenters. The number of piperidine rings is 1. The molecule has 2 nitrogen and oxygen atoms in total. The summed E-state index contributed by atoms with van der Waals surface area (Å²) in [5.74, 6) is 1.32. The summed E-state index contributed by atoms with van der Waals surface area (Å²) in [6.45, 7) is 10.9. The Morgan fingerprint density at radius 2 is 1.67 bits per heavy atom. The van der Waals surface area contributed by atoms with E-state index in [1.807, 2.05) is 0 Å². The lowest BCUT2D eigenvalue weighted by atomic mass is 9.96. The van der Waals surface area contributed by atoms with E-state index in [0.29, 0.717) is 10.4 Å². The molecule has 2 rings (SSSR count). The fourth-order valence-electron chi connectivity index (χ4n) is 2.94. The van der Waals surface area contributed by atoms with Crippen LogP contribution in [-0.4, -0.2) is 52.6 Å². The lowest BCUT2D eigenvalue weighted by Gasteiger charge is -2.49. The summed E-state index contributed by atoms with van der Waals surface area (Å²) in [6.07, 6.45) is 2.68. The highest BCUT2D eigenvalue weighted by atomic mass is 32.2. The van der Waals surface area contributed by atoms with E-state index in [9.17, 15) is 0 Å². The molecule has 2 aliphatic heterocycles. The van der Waals surface area contributed by atoms with E-state index < -0.39 is 0 Å². The summed E-state index contributed by atoms with van der Waals surface area (Å²) >= 11 is 2.20. The Morgan fingerprint density at radius 3 is 2.20 bits per heavy atom. The van der Waals surface area contributed by atoms with Crippen LogP contribution in [0.3, 0.4) is 0 Å². The van der Waals surface area contributed by atoms with Gasteiger partial charge in [0.15, 0.2) is 0 Å². The Bertz CT molecular complexity index is 226. The van der Waals surface area contributed by atoms with Crippen LogP contribution in [0, 0.1) is 0 Å². The molecule has 0 amide bonds. The van der Waals surface area contributed by atoms with Crippen molar-refractivity contribution in [3.63, 3.8) is 0 Å². The van der Waals surface area contributed by atoms with Crippen molar-refractivity contribution in [1.82, 2.24) is 9.80 Å². The fraction of sp³-hybridized carbons (Fsp3) is 1.00. The fourth-order valence-corrected chi connectivity index (χ4v) is 4.58. The van der Waals surface area contributed by atoms with Crippen molar-refractivity contribution < 1.29 is 0 Å². The first-order valence-electron chi connectivity index (χ1n) is 6.04. The number of likely N-dealkylation sites (tertiary alicyclic amines) is 1. The summed E-state index contributed by atoms with van der Waals surface area (Å²) in [4.78, 5) is 5.67. The third-order valence-electron chi connectivity index (χ3n) is 3.76. The van der Waals surface area contributed by atoms with E-state index in [-0.39, 0.29) is 0 Å². The van der Waals surface area contributed by atoms with Gasteiger partial charge in [0, 0.05) is 30.9 Å². The molecule has 0 aromatic carbocycles. The zero-order chi connectivity index (χ0) is 11.1. The molecule has 2 heterocycles. The first kappa shape index (κ1) is 11.7. The summed E-state index contributed by atoms with van der Waals surface area (Å²) < 4.78 is 0. The van der Waals surface area contributed by atoms with Gasteiger partial charge in [-0.15, -0.1) is 11.8 Å². The van der Waals surface area contributed by atoms with Gasteiger partial charge in [0.1, 0.15) is 0 Å². The van der Waals surface area contributed by atoms with Crippen LogP contribution >= 0.6 is 11.8 Å². The SMILES string of the molecule is CN1CCC2(CC1)SCCN2C(C)(C)C. The van der Waals surface area contributed by atoms with Gasteiger partial charge in [0.2, 0.25) is 0 Å². The van der Waals surface area contributed by atoms with Gasteiger partial charge in [0.25, 0.3) is 0 Å². The molecule has 0 N–H and O–H groups in total. The summed E-state index contributed by atoms with van der Waals surface area (Å²) in [7, 11) is 2.24. The third-order valence-corrected chi connectivity index (χ3v) is 5.31. The molecule has 3 heteroatoms. The van der Waals surface area contributed by atoms with Crippen molar-refractivity contribution in [3.8, 4) is 0 Å². The maximum atomic E-state index is 2.75. The van der Waals surface area contributed by atoms with Gasteiger partial charge in [-0.3, -0.25) is 4.90 Å². The van der Waals surface area contributed by atoms with Gasteiger partial charge in [-0.1, -0.05) is 0 Å². The van der Waals surface area contributed by atoms with Crippen LogP contribution in [0.2, 0.25) is 0 Å². The number of hydrogen-bond acceptors (Lipinski definition) is 3. The molecule has 15 heavy (non-hydrogen) atoms. The monoisotopic (exact) mass is 228 g/mol. The Hall–Kier alpha value is 0.270. The topological polar surface area (TPSA) is 6.48 Å². The van der Waals surface area contributed by atoms with Crippen LogP contribution in [0.1, 0.15) is 33.6 Å². The molecule has 0 saturated carbocycles. The average Bonchev–Trinajstić information content (AvgIpc) is 2.54. The van der Waals surface area contributed by atoms with E-state index in [1.165, 1.54) is 38.2 Å². The maximum Gasteiger partial charge on any atom is 0.0699 e. The molecule has 0 radical (unpaired) electrons. The first-order chi connectivity index (χ1) is 6.94. The minimum absolute atomic E-state index is 0.333. The molecule has 2 saturated heterocycles. The second kappa shape index (κ2) is 3.94. The van der Waals surface area contributed by atoms with Gasteiger partial charge in [-0.25, -0.2) is 0 Å². The van der Waals surface area contributed by atoms with Gasteiger partial charge in [0.05, 0.1) is 4.87 Å². The Morgan fingerprint density at radius 1 is 1.07 bits per heavy atom. The predicted octanol–water partition coefficient (Wildman–Crippen LogP) is 2.26. The molecular weight excluding hydrogens is 204 g/mol. The predicted molar refractivity (Wildman–Crippen MR) is 68.4 cm³/mol. The minimum Gasteiger partial charge on any atom is -0.306 e. The van der Waals surface area contributed by atoms with Crippen molar-refractivity contribution in [2.45, 2.75) is 44.0 Å². The Balaban J connectivity index is 2.13. The molecule has 2 fully saturated rings. The second-order valence-corrected chi connectivity index (χ2v) is 7.38. The summed E-state index contributed by atoms with van der Waals surface area (Å²) in [6, 6.07) is 0. The molecule has 2 aliphatic rings. The van der Waals surface area contributed by atoms with Gasteiger partial charge < -0.3 is 4.90 Å². The van der Waals surface area contributed by atoms with E-state index in [4.69, 9.17) is 0 Å². The highest BCUT2D eigenvalue weighted by Gasteiger charge is 2.47. The van der Waals surface area contributed by atoms with Crippen LogP contribution in [0.4, 0.5) is 0 Å². The van der Waals surface area contributed by atoms with E-state index in [2.05, 4.69) is 49.4 Å². The largest absolute Gasteiger partial charge is 0.306 e. The molecule has 88 valence electrons. The summed E-state index contributed by atoms with van der Waals surface area (Å²) in [5, 5.41) is 0. The average molecular weight is 228 g/mol. The normalized spacial score (nSPS) is 28.8. The quantitative estimate of drug-likeness (QED) is 0.628. The Kier molecular flexibility index (Phi) is 3.08. The molecule has 0 aromatic rings. The maximum absolute atomic E-state index is 2.75. The van der Waals surface area contributed by atoms with E-state index in [0.717, 1.165) is 0 Å². The smallest absolute Gasteiger partial charge is 0.0699 e. The van der Waals surface area contributed by atoms with Crippen molar-refractivity contribution in [2.24, 2.45) is 0 Å². The molecule has 0 bridgehead atoms. The lowest BCUT2D eigenvalue weighted by Crippen LogP contribution is -2.56. The lowest BCUT2D eigenvalue weighted by molar-refractivity contribution is 0.0399. The zero-order valence-corrected chi connectivity index (χ0v) is 11.4. The number of thioether (sulfide) groups is 1. The highest BCUT2D eigenvalue weighted by molar-refractivity contribution is 8.00. The summed E-state index contributed by atoms with van der Waals surface area (Å²) in [5.41, 5.74) is 0.333. The van der Waals surface area contributed by atoms with Crippen LogP contribution in [0.5, 0.6) is 0 Å². The molecule has 0 aliphatic carbocycles. The van der Waals surface area contributed by atoms with Crippen molar-refractivity contribution in [1.29, 1.82) is 0 Å². The van der Waals surface area contributed by atoms with Crippen molar-refractivity contribution >= 4 is 11.8 Å². The van der Waals surface area contributed by atoms with Crippen molar-refractivity contribution in [3.05, 3.63) is 0 Å². The second-order valence-electron chi connectivity index (χ2n) is 5.92. The van der Waals surface area contributed by atoms with Crippen LogP contribution < -0.4 is 0 Å². The Labute approximate surface area is 98.4 Å². The van der Waals surface area contributed by atoms with Crippen LogP contribution in [-0.2, 0) is 0 Å². The number of rotatable bonds is 0. The van der Waals surface area contributed by atoms with Crippen LogP contribution in [0.25, 0.3) is 0 Å². The molecule has 0 aromatic heterocycles. The molecule has 0 atom stereocenters. The number of nitrogens with zero attached hydrogens (tertiary/aromatic N) is 2. The van der Waals surface area contributed by atoms with E-state index in [1.54, 1.807) is 0 Å². The zero-order valence-electron chi connectivity index (χ0n) is 10.5. The number of hydrogen-bond donors (Lipinski definition) is 0. The highest BCUT2D eigenvalue weighted by Crippen LogP contribution is 2.46. The standard InChI is InChI=1S/C12H24N2S/c1-11(2,3)14-9-10-15-12(14)5-7-13(4)8-6-12/h5-10H2,1-4H3. The van der Waals surface area contributed by atoms with Crippen LogP contribution in [0.15, 0.2) is 0 Å². The third kappa shape index (κ3) is 2.20. The van der Waals surface area contributed by atoms with Gasteiger partial charge in [-0.2, -0.15) is 0 Å². The van der Waals surface area contributed by atoms with Crippen molar-refractivity contribution in [2.75, 3.05) is 32.4 Å². The van der Waals surface area contributed by atoms with Gasteiger partial charge >= 0.3 is 0 Å². The minimum atomic E-state index is 0.333. The molecular formula is C12H24N2S. The molecule has 1 spiro atoms. The van der Waals surface area contributed by atoms with E-state index >= 15 is 0 Å². The van der Waals surface area contributed by atoms with Gasteiger partial charge in [-0.05, 0) is 40.7 Å².